The number of nitrogens with zero attached hydrogens (tertiary/aromatic N) is 2. The maximum atomic E-state index is 12.6. The average molecular weight is 280 g/mol. The highest BCUT2D eigenvalue weighted by Crippen LogP contribution is 2.27. The van der Waals surface area contributed by atoms with Gasteiger partial charge in [-0.2, -0.15) is 0 Å². The highest BCUT2D eigenvalue weighted by molar-refractivity contribution is 5.83. The maximum Gasteiger partial charge on any atom is 0.139 e. The molecule has 3 nitrogen and oxygen atoms in total. The molecule has 2 saturated heterocycles. The molecule has 2 heterocycles. The predicted molar refractivity (Wildman–Crippen MR) is 83.9 cm³/mol. The first-order valence-electron chi connectivity index (χ1n) is 8.73. The average Bonchev–Trinajstić information content (AvgIpc) is 2.49. The van der Waals surface area contributed by atoms with E-state index >= 15 is 0 Å². The molecule has 0 aromatic heterocycles. The van der Waals surface area contributed by atoms with Gasteiger partial charge in [-0.15, -0.1) is 0 Å². The third-order valence-corrected chi connectivity index (χ3v) is 5.06. The normalized spacial score (nSPS) is 24.1. The predicted octanol–water partition coefficient (Wildman–Crippen LogP) is 2.80. The summed E-state index contributed by atoms with van der Waals surface area (Å²) in [6, 6.07) is 0. The monoisotopic (exact) mass is 280 g/mol. The van der Waals surface area contributed by atoms with E-state index in [1.165, 1.54) is 25.9 Å². The van der Waals surface area contributed by atoms with Crippen LogP contribution in [0.5, 0.6) is 0 Å². The Morgan fingerprint density at radius 2 is 1.15 bits per heavy atom. The van der Waals surface area contributed by atoms with Crippen molar-refractivity contribution in [3.63, 3.8) is 0 Å². The van der Waals surface area contributed by atoms with Crippen molar-refractivity contribution in [2.24, 2.45) is 11.8 Å². The molecule has 2 rings (SSSR count). The molecule has 0 N–H and O–H groups in total. The van der Waals surface area contributed by atoms with Crippen LogP contribution in [0.1, 0.15) is 52.4 Å². The lowest BCUT2D eigenvalue weighted by atomic mass is 9.81. The SMILES string of the molecule is CCCN1CCC(C(=O)C2CCN(CCC)CC2)CC1. The molecule has 3 heteroatoms. The second kappa shape index (κ2) is 8.14. The van der Waals surface area contributed by atoms with E-state index in [0.717, 1.165) is 51.9 Å². The highest BCUT2D eigenvalue weighted by atomic mass is 16.1. The molecule has 116 valence electrons. The Kier molecular flexibility index (Phi) is 6.50. The minimum absolute atomic E-state index is 0.367. The first-order valence-corrected chi connectivity index (χ1v) is 8.73. The summed E-state index contributed by atoms with van der Waals surface area (Å²) in [6.45, 7) is 11.4. The fourth-order valence-electron chi connectivity index (χ4n) is 3.85. The Hall–Kier alpha value is -0.410. The van der Waals surface area contributed by atoms with Gasteiger partial charge in [0.05, 0.1) is 0 Å². The van der Waals surface area contributed by atoms with Gasteiger partial charge in [0.1, 0.15) is 5.78 Å². The van der Waals surface area contributed by atoms with Crippen molar-refractivity contribution >= 4 is 5.78 Å². The van der Waals surface area contributed by atoms with Crippen LogP contribution < -0.4 is 0 Å². The van der Waals surface area contributed by atoms with Crippen molar-refractivity contribution in [1.82, 2.24) is 9.80 Å². The number of carbonyl (C=O) groups excluding carboxylic acids is 1. The van der Waals surface area contributed by atoms with E-state index in [9.17, 15) is 4.79 Å². The number of Topliss-reactive ketones (excluding diaryl/α,β-unsaturated/α-hetero) is 1. The lowest BCUT2D eigenvalue weighted by molar-refractivity contribution is -0.129. The molecule has 0 aromatic carbocycles. The fraction of sp³-hybridized carbons (Fsp3) is 0.941. The van der Waals surface area contributed by atoms with Crippen molar-refractivity contribution < 1.29 is 4.79 Å². The minimum Gasteiger partial charge on any atom is -0.303 e. The molecule has 0 aromatic rings. The molecule has 0 atom stereocenters. The van der Waals surface area contributed by atoms with Crippen LogP contribution in [0.25, 0.3) is 0 Å². The van der Waals surface area contributed by atoms with Crippen LogP contribution in [0.2, 0.25) is 0 Å². The summed E-state index contributed by atoms with van der Waals surface area (Å²) in [5.74, 6) is 1.33. The molecule has 2 aliphatic heterocycles. The van der Waals surface area contributed by atoms with Gasteiger partial charge in [-0.1, -0.05) is 13.8 Å². The van der Waals surface area contributed by atoms with Gasteiger partial charge < -0.3 is 9.80 Å². The summed E-state index contributed by atoms with van der Waals surface area (Å²) in [5, 5.41) is 0. The summed E-state index contributed by atoms with van der Waals surface area (Å²) < 4.78 is 0. The molecule has 0 bridgehead atoms. The first kappa shape index (κ1) is 16.0. The quantitative estimate of drug-likeness (QED) is 0.747. The van der Waals surface area contributed by atoms with E-state index < -0.39 is 0 Å². The van der Waals surface area contributed by atoms with Gasteiger partial charge in [-0.25, -0.2) is 0 Å². The number of hydrogen-bond donors (Lipinski definition) is 0. The minimum atomic E-state index is 0.367. The van der Waals surface area contributed by atoms with Crippen molar-refractivity contribution in [3.05, 3.63) is 0 Å². The summed E-state index contributed by atoms with van der Waals surface area (Å²) in [5.41, 5.74) is 0. The number of rotatable bonds is 6. The molecular weight excluding hydrogens is 248 g/mol. The zero-order valence-corrected chi connectivity index (χ0v) is 13.4. The number of carbonyl (C=O) groups is 1. The van der Waals surface area contributed by atoms with Crippen LogP contribution in [-0.4, -0.2) is 54.9 Å². The zero-order valence-electron chi connectivity index (χ0n) is 13.4. The smallest absolute Gasteiger partial charge is 0.139 e. The van der Waals surface area contributed by atoms with Crippen LogP contribution in [0.3, 0.4) is 0 Å². The molecule has 20 heavy (non-hydrogen) atoms. The van der Waals surface area contributed by atoms with Crippen molar-refractivity contribution in [2.45, 2.75) is 52.4 Å². The Morgan fingerprint density at radius 3 is 1.45 bits per heavy atom. The van der Waals surface area contributed by atoms with Gasteiger partial charge in [-0.3, -0.25) is 4.79 Å². The van der Waals surface area contributed by atoms with Crippen LogP contribution in [-0.2, 0) is 4.79 Å². The van der Waals surface area contributed by atoms with E-state index in [-0.39, 0.29) is 0 Å². The van der Waals surface area contributed by atoms with E-state index in [1.54, 1.807) is 0 Å². The Morgan fingerprint density at radius 1 is 0.800 bits per heavy atom. The number of likely N-dealkylation sites (tertiary alicyclic amines) is 2. The highest BCUT2D eigenvalue weighted by Gasteiger charge is 2.31. The lowest BCUT2D eigenvalue weighted by Crippen LogP contribution is -2.42. The van der Waals surface area contributed by atoms with Crippen LogP contribution in [0, 0.1) is 11.8 Å². The van der Waals surface area contributed by atoms with Crippen LogP contribution >= 0.6 is 0 Å². The van der Waals surface area contributed by atoms with E-state index in [0.29, 0.717) is 17.6 Å². The van der Waals surface area contributed by atoms with E-state index in [1.807, 2.05) is 0 Å². The third kappa shape index (κ3) is 4.29. The Bertz CT molecular complexity index is 261. The Balaban J connectivity index is 1.73. The zero-order chi connectivity index (χ0) is 14.4. The number of piperidine rings is 2. The van der Waals surface area contributed by atoms with Gasteiger partial charge >= 0.3 is 0 Å². The van der Waals surface area contributed by atoms with Crippen LogP contribution in [0.4, 0.5) is 0 Å². The standard InChI is InChI=1S/C17H32N2O/c1-3-9-18-11-5-15(6-12-18)17(20)16-7-13-19(10-4-2)14-8-16/h15-16H,3-14H2,1-2H3. The largest absolute Gasteiger partial charge is 0.303 e. The summed E-state index contributed by atoms with van der Waals surface area (Å²) in [7, 11) is 0. The number of ketones is 1. The molecule has 0 amide bonds. The van der Waals surface area contributed by atoms with Gasteiger partial charge in [0.2, 0.25) is 0 Å². The Labute approximate surface area is 124 Å². The van der Waals surface area contributed by atoms with E-state index in [4.69, 9.17) is 0 Å². The maximum absolute atomic E-state index is 12.6. The van der Waals surface area contributed by atoms with Gasteiger partial charge in [0, 0.05) is 11.8 Å². The topological polar surface area (TPSA) is 23.6 Å². The summed E-state index contributed by atoms with van der Waals surface area (Å²) >= 11 is 0. The first-order chi connectivity index (χ1) is 9.74. The van der Waals surface area contributed by atoms with Crippen molar-refractivity contribution in [1.29, 1.82) is 0 Å². The molecular formula is C17H32N2O. The lowest BCUT2D eigenvalue weighted by Gasteiger charge is -2.35. The molecule has 0 radical (unpaired) electrons. The third-order valence-electron chi connectivity index (χ3n) is 5.06. The molecule has 0 spiro atoms. The van der Waals surface area contributed by atoms with Gasteiger partial charge in [-0.05, 0) is 77.8 Å². The van der Waals surface area contributed by atoms with Gasteiger partial charge in [0.25, 0.3) is 0 Å². The second-order valence-corrected chi connectivity index (χ2v) is 6.63. The van der Waals surface area contributed by atoms with Crippen molar-refractivity contribution in [3.8, 4) is 0 Å². The molecule has 0 aliphatic carbocycles. The fourth-order valence-corrected chi connectivity index (χ4v) is 3.85. The van der Waals surface area contributed by atoms with Gasteiger partial charge in [0.15, 0.2) is 0 Å². The second-order valence-electron chi connectivity index (χ2n) is 6.63. The summed E-state index contributed by atoms with van der Waals surface area (Å²) in [6.07, 6.45) is 6.88. The van der Waals surface area contributed by atoms with Crippen molar-refractivity contribution in [2.75, 3.05) is 39.3 Å². The number of hydrogen-bond acceptors (Lipinski definition) is 3. The molecule has 0 saturated carbocycles. The molecule has 2 aliphatic rings. The molecule has 2 fully saturated rings. The van der Waals surface area contributed by atoms with E-state index in [2.05, 4.69) is 23.6 Å². The molecule has 0 unspecified atom stereocenters. The summed E-state index contributed by atoms with van der Waals surface area (Å²) in [4.78, 5) is 17.7. The van der Waals surface area contributed by atoms with Crippen LogP contribution in [0.15, 0.2) is 0 Å².